The number of nitrogens with two attached hydrogens (primary N) is 1. The molecule has 1 rings (SSSR count). The fourth-order valence-electron chi connectivity index (χ4n) is 1.73. The molecule has 0 heterocycles. The van der Waals surface area contributed by atoms with E-state index in [1.807, 2.05) is 0 Å². The Morgan fingerprint density at radius 1 is 1.23 bits per heavy atom. The highest BCUT2D eigenvalue weighted by Gasteiger charge is 2.11. The molecule has 0 aromatic carbocycles. The van der Waals surface area contributed by atoms with Crippen molar-refractivity contribution in [3.8, 4) is 0 Å². The molecule has 0 aromatic rings. The van der Waals surface area contributed by atoms with Crippen molar-refractivity contribution in [3.63, 3.8) is 0 Å². The van der Waals surface area contributed by atoms with Gasteiger partial charge in [-0.3, -0.25) is 0 Å². The summed E-state index contributed by atoms with van der Waals surface area (Å²) in [5, 5.41) is 0. The second kappa shape index (κ2) is 6.33. The molecule has 0 spiro atoms. The fourth-order valence-corrected chi connectivity index (χ4v) is 1.82. The molecular weight excluding hydrogens is 182 g/mol. The van der Waals surface area contributed by atoms with E-state index in [2.05, 4.69) is 0 Å². The van der Waals surface area contributed by atoms with Crippen LogP contribution in [-0.2, 0) is 4.74 Å². The van der Waals surface area contributed by atoms with Gasteiger partial charge in [-0.1, -0.05) is 37.9 Å². The molecule has 1 aliphatic carbocycles. The summed E-state index contributed by atoms with van der Waals surface area (Å²) >= 11 is 4.79. The minimum atomic E-state index is 0.469. The van der Waals surface area contributed by atoms with E-state index in [0.717, 1.165) is 6.42 Å². The van der Waals surface area contributed by atoms with Gasteiger partial charge in [0, 0.05) is 6.42 Å². The maximum Gasteiger partial charge on any atom is 0.0750 e. The molecule has 13 heavy (non-hydrogen) atoms. The quantitative estimate of drug-likeness (QED) is 0.560. The van der Waals surface area contributed by atoms with Gasteiger partial charge in [0.1, 0.15) is 0 Å². The minimum absolute atomic E-state index is 0.469. The minimum Gasteiger partial charge on any atom is -0.393 e. The molecular formula is C10H19NOS. The normalized spacial score (nSPS) is 19.7. The highest BCUT2D eigenvalue weighted by Crippen LogP contribution is 2.19. The summed E-state index contributed by atoms with van der Waals surface area (Å²) in [5.41, 5.74) is 5.39. The predicted octanol–water partition coefficient (Wildman–Crippen LogP) is 2.40. The lowest BCUT2D eigenvalue weighted by atomic mass is 10.1. The fraction of sp³-hybridized carbons (Fsp3) is 0.900. The Balaban J connectivity index is 2.08. The smallest absolute Gasteiger partial charge is 0.0750 e. The molecule has 0 amide bonds. The van der Waals surface area contributed by atoms with E-state index >= 15 is 0 Å². The van der Waals surface area contributed by atoms with Crippen LogP contribution in [0.5, 0.6) is 0 Å². The van der Waals surface area contributed by atoms with E-state index in [-0.39, 0.29) is 0 Å². The second-order valence-corrected chi connectivity index (χ2v) is 4.23. The lowest BCUT2D eigenvalue weighted by Gasteiger charge is -2.14. The highest BCUT2D eigenvalue weighted by atomic mass is 32.1. The second-order valence-electron chi connectivity index (χ2n) is 3.70. The van der Waals surface area contributed by atoms with Crippen molar-refractivity contribution in [1.29, 1.82) is 0 Å². The third-order valence-electron chi connectivity index (χ3n) is 2.50. The molecule has 76 valence electrons. The Labute approximate surface area is 85.8 Å². The van der Waals surface area contributed by atoms with Crippen LogP contribution < -0.4 is 5.73 Å². The Bertz CT molecular complexity index is 153. The van der Waals surface area contributed by atoms with Crippen LogP contribution >= 0.6 is 12.2 Å². The molecule has 0 aliphatic heterocycles. The monoisotopic (exact) mass is 201 g/mol. The number of hydrogen-bond acceptors (Lipinski definition) is 2. The molecule has 0 aromatic heterocycles. The average molecular weight is 201 g/mol. The molecule has 1 fully saturated rings. The first-order chi connectivity index (χ1) is 6.29. The Hall–Kier alpha value is -0.150. The van der Waals surface area contributed by atoms with Crippen LogP contribution in [0.15, 0.2) is 0 Å². The van der Waals surface area contributed by atoms with Gasteiger partial charge in [0.25, 0.3) is 0 Å². The molecule has 0 radical (unpaired) electrons. The first-order valence-corrected chi connectivity index (χ1v) is 5.60. The summed E-state index contributed by atoms with van der Waals surface area (Å²) in [6.45, 7) is 0.708. The van der Waals surface area contributed by atoms with Crippen molar-refractivity contribution in [2.24, 2.45) is 5.73 Å². The van der Waals surface area contributed by atoms with E-state index < -0.39 is 0 Å². The van der Waals surface area contributed by atoms with Crippen molar-refractivity contribution in [2.45, 2.75) is 51.0 Å². The Kier molecular flexibility index (Phi) is 5.32. The van der Waals surface area contributed by atoms with E-state index in [1.54, 1.807) is 0 Å². The number of thiocarbonyl (C=S) groups is 1. The Morgan fingerprint density at radius 2 is 1.85 bits per heavy atom. The van der Waals surface area contributed by atoms with E-state index in [1.165, 1.54) is 38.5 Å². The van der Waals surface area contributed by atoms with Gasteiger partial charge in [-0.2, -0.15) is 0 Å². The van der Waals surface area contributed by atoms with Gasteiger partial charge in [-0.15, -0.1) is 0 Å². The van der Waals surface area contributed by atoms with E-state index in [0.29, 0.717) is 17.7 Å². The van der Waals surface area contributed by atoms with Gasteiger partial charge >= 0.3 is 0 Å². The SMILES string of the molecule is NC(=S)CCOC1CCCCCC1. The van der Waals surface area contributed by atoms with E-state index in [9.17, 15) is 0 Å². The summed E-state index contributed by atoms with van der Waals surface area (Å²) in [7, 11) is 0. The van der Waals surface area contributed by atoms with Crippen LogP contribution in [0.2, 0.25) is 0 Å². The molecule has 0 bridgehead atoms. The van der Waals surface area contributed by atoms with Crippen LogP contribution in [0.25, 0.3) is 0 Å². The van der Waals surface area contributed by atoms with Crippen LogP contribution in [0.3, 0.4) is 0 Å². The maximum absolute atomic E-state index is 5.71. The average Bonchev–Trinajstić information content (AvgIpc) is 2.32. The standard InChI is InChI=1S/C10H19NOS/c11-10(13)7-8-12-9-5-3-1-2-4-6-9/h9H,1-8H2,(H2,11,13). The van der Waals surface area contributed by atoms with Crippen molar-refractivity contribution in [1.82, 2.24) is 0 Å². The van der Waals surface area contributed by atoms with Crippen LogP contribution in [0.1, 0.15) is 44.9 Å². The van der Waals surface area contributed by atoms with Crippen LogP contribution in [0, 0.1) is 0 Å². The summed E-state index contributed by atoms with van der Waals surface area (Å²) in [6, 6.07) is 0. The molecule has 1 aliphatic rings. The summed E-state index contributed by atoms with van der Waals surface area (Å²) in [4.78, 5) is 0.564. The molecule has 0 atom stereocenters. The van der Waals surface area contributed by atoms with Crippen molar-refractivity contribution in [3.05, 3.63) is 0 Å². The zero-order valence-corrected chi connectivity index (χ0v) is 8.94. The maximum atomic E-state index is 5.71. The van der Waals surface area contributed by atoms with E-state index in [4.69, 9.17) is 22.7 Å². The Morgan fingerprint density at radius 3 is 2.38 bits per heavy atom. The third kappa shape index (κ3) is 5.21. The molecule has 3 heteroatoms. The van der Waals surface area contributed by atoms with Crippen LogP contribution in [-0.4, -0.2) is 17.7 Å². The number of hydrogen-bond donors (Lipinski definition) is 1. The van der Waals surface area contributed by atoms with Crippen LogP contribution in [0.4, 0.5) is 0 Å². The van der Waals surface area contributed by atoms with Gasteiger partial charge in [-0.25, -0.2) is 0 Å². The lowest BCUT2D eigenvalue weighted by molar-refractivity contribution is 0.0481. The molecule has 0 unspecified atom stereocenters. The van der Waals surface area contributed by atoms with Gasteiger partial charge in [0.2, 0.25) is 0 Å². The van der Waals surface area contributed by atoms with Gasteiger partial charge in [-0.05, 0) is 12.8 Å². The zero-order valence-electron chi connectivity index (χ0n) is 8.13. The van der Waals surface area contributed by atoms with Crippen molar-refractivity contribution < 1.29 is 4.74 Å². The largest absolute Gasteiger partial charge is 0.393 e. The van der Waals surface area contributed by atoms with Gasteiger partial charge in [0.05, 0.1) is 17.7 Å². The first kappa shape index (κ1) is 10.9. The molecule has 0 saturated heterocycles. The zero-order chi connectivity index (χ0) is 9.52. The first-order valence-electron chi connectivity index (χ1n) is 5.19. The van der Waals surface area contributed by atoms with Crippen molar-refractivity contribution >= 4 is 17.2 Å². The summed E-state index contributed by atoms with van der Waals surface area (Å²) in [5.74, 6) is 0. The lowest BCUT2D eigenvalue weighted by Crippen LogP contribution is -2.17. The molecule has 2 nitrogen and oxygen atoms in total. The van der Waals surface area contributed by atoms with Crippen molar-refractivity contribution in [2.75, 3.05) is 6.61 Å². The molecule has 1 saturated carbocycles. The van der Waals surface area contributed by atoms with Gasteiger partial charge < -0.3 is 10.5 Å². The topological polar surface area (TPSA) is 35.2 Å². The number of ether oxygens (including phenoxy) is 1. The van der Waals surface area contributed by atoms with Gasteiger partial charge in [0.15, 0.2) is 0 Å². The predicted molar refractivity (Wildman–Crippen MR) is 58.8 cm³/mol. The summed E-state index contributed by atoms with van der Waals surface area (Å²) < 4.78 is 5.71. The number of rotatable bonds is 4. The third-order valence-corrected chi connectivity index (χ3v) is 2.71. The highest BCUT2D eigenvalue weighted by molar-refractivity contribution is 7.80. The summed E-state index contributed by atoms with van der Waals surface area (Å²) in [6.07, 6.45) is 9.01. The molecule has 2 N–H and O–H groups in total.